The summed E-state index contributed by atoms with van der Waals surface area (Å²) in [6.45, 7) is 9.02. The molecule has 38 heavy (non-hydrogen) atoms. The Morgan fingerprint density at radius 2 is 1.95 bits per heavy atom. The molecule has 4 N–H and O–H groups in total. The molecule has 2 aliphatic carbocycles. The second-order valence-corrected chi connectivity index (χ2v) is 11.4. The van der Waals surface area contributed by atoms with E-state index < -0.39 is 71.7 Å². The van der Waals surface area contributed by atoms with Crippen molar-refractivity contribution in [2.45, 2.75) is 77.2 Å². The largest absolute Gasteiger partial charge is 0.457 e. The highest BCUT2D eigenvalue weighted by Gasteiger charge is 2.60. The van der Waals surface area contributed by atoms with Crippen LogP contribution in [0.5, 0.6) is 0 Å². The Kier molecular flexibility index (Phi) is 8.23. The molecule has 12 atom stereocenters. The first kappa shape index (κ1) is 28.5. The molecule has 4 rings (SSSR count). The Hall–Kier alpha value is -2.46. The van der Waals surface area contributed by atoms with Crippen LogP contribution in [-0.4, -0.2) is 75.5 Å². The van der Waals surface area contributed by atoms with Crippen molar-refractivity contribution in [1.82, 2.24) is 4.98 Å². The lowest BCUT2D eigenvalue weighted by molar-refractivity contribution is -0.183. The lowest BCUT2D eigenvalue weighted by Gasteiger charge is -2.57. The Balaban J connectivity index is 1.75. The molecule has 1 aromatic heterocycles. The molecule has 1 aromatic rings. The molecular formula is C29H41NO8. The summed E-state index contributed by atoms with van der Waals surface area (Å²) in [4.78, 5) is 28.6. The zero-order chi connectivity index (χ0) is 27.9. The van der Waals surface area contributed by atoms with Crippen molar-refractivity contribution in [3.8, 4) is 0 Å². The topological polar surface area (TPSA) is 138 Å². The van der Waals surface area contributed by atoms with Gasteiger partial charge in [-0.1, -0.05) is 39.0 Å². The molecule has 0 saturated heterocycles. The molecule has 0 spiro atoms. The second kappa shape index (κ2) is 11.0. The van der Waals surface area contributed by atoms with E-state index in [1.54, 1.807) is 25.3 Å². The molecule has 0 aromatic carbocycles. The molecule has 0 unspecified atom stereocenters. The van der Waals surface area contributed by atoms with E-state index >= 15 is 0 Å². The van der Waals surface area contributed by atoms with Crippen molar-refractivity contribution >= 4 is 11.9 Å². The van der Waals surface area contributed by atoms with E-state index in [0.717, 1.165) is 0 Å². The number of allylic oxidation sites excluding steroid dienone is 1. The average molecular weight is 532 g/mol. The van der Waals surface area contributed by atoms with Crippen LogP contribution < -0.4 is 0 Å². The number of aromatic amines is 1. The predicted molar refractivity (Wildman–Crippen MR) is 139 cm³/mol. The fourth-order valence-corrected chi connectivity index (χ4v) is 6.95. The average Bonchev–Trinajstić information content (AvgIpc) is 3.41. The van der Waals surface area contributed by atoms with Crippen molar-refractivity contribution in [3.05, 3.63) is 47.8 Å². The van der Waals surface area contributed by atoms with E-state index in [2.05, 4.69) is 4.98 Å². The van der Waals surface area contributed by atoms with Gasteiger partial charge in [0.2, 0.25) is 0 Å². The van der Waals surface area contributed by atoms with Gasteiger partial charge < -0.3 is 34.5 Å². The van der Waals surface area contributed by atoms with Crippen molar-refractivity contribution in [1.29, 1.82) is 0 Å². The summed E-state index contributed by atoms with van der Waals surface area (Å²) in [6.07, 6.45) is 3.18. The number of H-pyrrole nitrogens is 1. The Bertz CT molecular complexity index is 1060. The second-order valence-electron chi connectivity index (χ2n) is 11.4. The SMILES string of the molecule is CO[C@H]1C[C@H]2C=C[C@H]3[C@@H](C)[C@H](OC(=O)c4ccc[nH]4)[C@H](C)[C@@H](O)[C@H]3[C@]2(O)/C(C)=C/[C@@H](C)[C@@H]([C@@H](C)O)OC1=O. The zero-order valence-electron chi connectivity index (χ0n) is 22.9. The number of methoxy groups -OCH3 is 1. The summed E-state index contributed by atoms with van der Waals surface area (Å²) in [5.41, 5.74) is -0.543. The van der Waals surface area contributed by atoms with Crippen molar-refractivity contribution in [2.75, 3.05) is 7.11 Å². The highest BCUT2D eigenvalue weighted by atomic mass is 16.6. The maximum atomic E-state index is 13.0. The fraction of sp³-hybridized carbons (Fsp3) is 0.655. The summed E-state index contributed by atoms with van der Waals surface area (Å²) in [5.74, 6) is -3.62. The van der Waals surface area contributed by atoms with Crippen LogP contribution >= 0.6 is 0 Å². The van der Waals surface area contributed by atoms with Gasteiger partial charge in [0, 0.05) is 42.9 Å². The number of hydrogen-bond donors (Lipinski definition) is 4. The van der Waals surface area contributed by atoms with E-state index in [1.165, 1.54) is 7.11 Å². The predicted octanol–water partition coefficient (Wildman–Crippen LogP) is 2.63. The van der Waals surface area contributed by atoms with E-state index in [0.29, 0.717) is 11.3 Å². The first-order chi connectivity index (χ1) is 17.9. The number of carbonyl (C=O) groups is 2. The minimum atomic E-state index is -1.51. The van der Waals surface area contributed by atoms with Crippen LogP contribution in [0, 0.1) is 35.5 Å². The molecule has 3 aliphatic rings. The highest BCUT2D eigenvalue weighted by Crippen LogP contribution is 2.54. The number of ether oxygens (including phenoxy) is 3. The lowest BCUT2D eigenvalue weighted by atomic mass is 9.53. The van der Waals surface area contributed by atoms with Crippen LogP contribution in [-0.2, 0) is 19.0 Å². The van der Waals surface area contributed by atoms with Gasteiger partial charge in [-0.25, -0.2) is 9.59 Å². The third-order valence-electron chi connectivity index (χ3n) is 9.07. The molecule has 1 aliphatic heterocycles. The number of aliphatic hydroxyl groups is 3. The third-order valence-corrected chi connectivity index (χ3v) is 9.07. The van der Waals surface area contributed by atoms with Gasteiger partial charge in [-0.3, -0.25) is 0 Å². The number of esters is 2. The minimum absolute atomic E-state index is 0.137. The van der Waals surface area contributed by atoms with Gasteiger partial charge in [0.25, 0.3) is 0 Å². The molecule has 1 fully saturated rings. The minimum Gasteiger partial charge on any atom is -0.457 e. The summed E-state index contributed by atoms with van der Waals surface area (Å²) in [5, 5.41) is 34.6. The van der Waals surface area contributed by atoms with Gasteiger partial charge in [-0.15, -0.1) is 0 Å². The molecule has 1 saturated carbocycles. The number of cyclic esters (lactones) is 1. The van der Waals surface area contributed by atoms with Gasteiger partial charge in [0.1, 0.15) is 17.9 Å². The number of aliphatic hydroxyl groups excluding tert-OH is 2. The van der Waals surface area contributed by atoms with Crippen molar-refractivity contribution in [2.24, 2.45) is 35.5 Å². The normalized spacial score (nSPS) is 43.6. The van der Waals surface area contributed by atoms with Gasteiger partial charge in [0.15, 0.2) is 6.10 Å². The van der Waals surface area contributed by atoms with Gasteiger partial charge in [0.05, 0.1) is 17.8 Å². The smallest absolute Gasteiger partial charge is 0.355 e. The Labute approximate surface area is 223 Å². The van der Waals surface area contributed by atoms with E-state index in [1.807, 2.05) is 45.9 Å². The monoisotopic (exact) mass is 531 g/mol. The van der Waals surface area contributed by atoms with Gasteiger partial charge in [-0.05, 0) is 43.9 Å². The van der Waals surface area contributed by atoms with Crippen molar-refractivity contribution in [3.63, 3.8) is 0 Å². The number of aromatic nitrogens is 1. The first-order valence-electron chi connectivity index (χ1n) is 13.4. The quantitative estimate of drug-likeness (QED) is 0.344. The van der Waals surface area contributed by atoms with Crippen LogP contribution in [0.3, 0.4) is 0 Å². The number of fused-ring (bicyclic) bond motifs is 3. The number of hydrogen-bond acceptors (Lipinski definition) is 8. The van der Waals surface area contributed by atoms with Crippen molar-refractivity contribution < 1.29 is 39.1 Å². The molecule has 0 amide bonds. The fourth-order valence-electron chi connectivity index (χ4n) is 6.95. The van der Waals surface area contributed by atoms with Crippen LogP contribution in [0.15, 0.2) is 42.1 Å². The van der Waals surface area contributed by atoms with Crippen LogP contribution in [0.25, 0.3) is 0 Å². The van der Waals surface area contributed by atoms with Crippen LogP contribution in [0.2, 0.25) is 0 Å². The number of rotatable bonds is 4. The zero-order valence-corrected chi connectivity index (χ0v) is 22.9. The Morgan fingerprint density at radius 3 is 2.55 bits per heavy atom. The van der Waals surface area contributed by atoms with Crippen LogP contribution in [0.1, 0.15) is 51.5 Å². The summed E-state index contributed by atoms with van der Waals surface area (Å²) in [6, 6.07) is 3.36. The maximum absolute atomic E-state index is 13.0. The molecular weight excluding hydrogens is 490 g/mol. The van der Waals surface area contributed by atoms with Gasteiger partial charge >= 0.3 is 11.9 Å². The standard InChI is InChI=1S/C29H41NO8/c1-14-12-15(2)29(35)19(13-22(36-6)28(34)37-25(14)18(5)31)9-10-20-16(3)26(17(4)24(32)23(20)29)38-27(33)21-8-7-11-30-21/h7-12,14,16-20,22-26,30-32,35H,13H2,1-6H3/b15-12+/t14-,16-,17-,18-,19-,20+,22+,23+,24-,25+,26+,29+/m1/s1. The molecule has 0 radical (unpaired) electrons. The lowest BCUT2D eigenvalue weighted by Crippen LogP contribution is -2.63. The first-order valence-corrected chi connectivity index (χ1v) is 13.4. The summed E-state index contributed by atoms with van der Waals surface area (Å²) < 4.78 is 17.0. The molecule has 0 bridgehead atoms. The highest BCUT2D eigenvalue weighted by molar-refractivity contribution is 5.87. The van der Waals surface area contributed by atoms with E-state index in [9.17, 15) is 24.9 Å². The van der Waals surface area contributed by atoms with E-state index in [4.69, 9.17) is 14.2 Å². The molecule has 210 valence electrons. The summed E-state index contributed by atoms with van der Waals surface area (Å²) >= 11 is 0. The number of nitrogens with one attached hydrogen (secondary N) is 1. The summed E-state index contributed by atoms with van der Waals surface area (Å²) in [7, 11) is 1.41. The van der Waals surface area contributed by atoms with Gasteiger partial charge in [-0.2, -0.15) is 0 Å². The Morgan fingerprint density at radius 1 is 1.24 bits per heavy atom. The van der Waals surface area contributed by atoms with Crippen LogP contribution in [0.4, 0.5) is 0 Å². The molecule has 9 heteroatoms. The molecule has 9 nitrogen and oxygen atoms in total. The molecule has 2 heterocycles. The third kappa shape index (κ3) is 4.85. The maximum Gasteiger partial charge on any atom is 0.355 e. The number of carbonyl (C=O) groups excluding carboxylic acids is 2. The van der Waals surface area contributed by atoms with E-state index in [-0.39, 0.29) is 18.3 Å².